The van der Waals surface area contributed by atoms with Crippen LogP contribution in [0.1, 0.15) is 25.6 Å². The second kappa shape index (κ2) is 9.55. The van der Waals surface area contributed by atoms with Crippen LogP contribution in [0.4, 0.5) is 11.9 Å². The van der Waals surface area contributed by atoms with Gasteiger partial charge in [-0.15, -0.1) is 10.2 Å². The number of anilines is 2. The van der Waals surface area contributed by atoms with Crippen molar-refractivity contribution in [3.05, 3.63) is 30.1 Å². The van der Waals surface area contributed by atoms with E-state index in [1.165, 1.54) is 0 Å². The van der Waals surface area contributed by atoms with Crippen LogP contribution < -0.4 is 15.4 Å². The average Bonchev–Trinajstić information content (AvgIpc) is 3.13. The summed E-state index contributed by atoms with van der Waals surface area (Å²) < 4.78 is 7.40. The molecule has 0 unspecified atom stereocenters. The van der Waals surface area contributed by atoms with Gasteiger partial charge in [0.05, 0.1) is 12.9 Å². The van der Waals surface area contributed by atoms with Gasteiger partial charge in [-0.3, -0.25) is 0 Å². The van der Waals surface area contributed by atoms with Gasteiger partial charge < -0.3 is 19.9 Å². The predicted octanol–water partition coefficient (Wildman–Crippen LogP) is 2.88. The molecule has 0 aliphatic carbocycles. The van der Waals surface area contributed by atoms with Gasteiger partial charge in [-0.1, -0.05) is 25.1 Å². The molecule has 0 atom stereocenters. The highest BCUT2D eigenvalue weighted by Crippen LogP contribution is 2.27. The Bertz CT molecular complexity index is 942. The Kier molecular flexibility index (Phi) is 6.86. The molecule has 2 aromatic heterocycles. The van der Waals surface area contributed by atoms with E-state index in [9.17, 15) is 0 Å². The number of nitrogens with zero attached hydrogens (tertiary/aromatic N) is 7. The molecule has 0 saturated carbocycles. The molecule has 0 fully saturated rings. The van der Waals surface area contributed by atoms with Crippen LogP contribution >= 0.6 is 11.8 Å². The first-order chi connectivity index (χ1) is 14.0. The van der Waals surface area contributed by atoms with Crippen LogP contribution in [0.25, 0.3) is 11.4 Å². The molecular weight excluding hydrogens is 388 g/mol. The van der Waals surface area contributed by atoms with Gasteiger partial charge in [0.15, 0.2) is 11.0 Å². The smallest absolute Gasteiger partial charge is 0.229 e. The number of thioether (sulfide) groups is 1. The molecule has 0 aliphatic heterocycles. The molecule has 29 heavy (non-hydrogen) atoms. The standard InChI is InChI=1S/C19H26N8OS/c1-5-6-11-27-16(13-7-9-14(28-4)10-8-13)24-25-19(27)29-12-15-21-17(20)23-18(22-15)26(2)3/h7-10H,5-6,11-12H2,1-4H3,(H2,20,21,22,23). The zero-order valence-corrected chi connectivity index (χ0v) is 18.0. The van der Waals surface area contributed by atoms with Crippen molar-refractivity contribution in [3.63, 3.8) is 0 Å². The lowest BCUT2D eigenvalue weighted by Gasteiger charge is -2.12. The number of rotatable bonds is 9. The number of ether oxygens (including phenoxy) is 1. The van der Waals surface area contributed by atoms with Crippen molar-refractivity contribution in [1.29, 1.82) is 0 Å². The van der Waals surface area contributed by atoms with Gasteiger partial charge in [0.25, 0.3) is 0 Å². The van der Waals surface area contributed by atoms with Crippen LogP contribution in [0.5, 0.6) is 5.75 Å². The molecule has 0 saturated heterocycles. The van der Waals surface area contributed by atoms with Gasteiger partial charge >= 0.3 is 0 Å². The monoisotopic (exact) mass is 414 g/mol. The first-order valence-electron chi connectivity index (χ1n) is 9.40. The SMILES string of the molecule is CCCCn1c(SCc2nc(N)nc(N(C)C)n2)nnc1-c1ccc(OC)cc1. The number of unbranched alkanes of at least 4 members (excludes halogenated alkanes) is 1. The van der Waals surface area contributed by atoms with E-state index in [1.54, 1.807) is 23.8 Å². The molecule has 1 aromatic carbocycles. The first-order valence-corrected chi connectivity index (χ1v) is 10.4. The van der Waals surface area contributed by atoms with Crippen molar-refractivity contribution in [3.8, 4) is 17.1 Å². The zero-order chi connectivity index (χ0) is 20.8. The largest absolute Gasteiger partial charge is 0.497 e. The Morgan fingerprint density at radius 3 is 2.52 bits per heavy atom. The molecule has 3 rings (SSSR count). The van der Waals surface area contributed by atoms with Crippen molar-refractivity contribution in [2.75, 3.05) is 31.8 Å². The third-order valence-electron chi connectivity index (χ3n) is 4.22. The van der Waals surface area contributed by atoms with Gasteiger partial charge in [-0.25, -0.2) is 0 Å². The molecular formula is C19H26N8OS. The molecule has 0 radical (unpaired) electrons. The lowest BCUT2D eigenvalue weighted by atomic mass is 10.2. The van der Waals surface area contributed by atoms with Crippen LogP contribution in [0.2, 0.25) is 0 Å². The highest BCUT2D eigenvalue weighted by atomic mass is 32.2. The number of nitrogen functional groups attached to an aromatic ring is 1. The molecule has 0 aliphatic rings. The number of methoxy groups -OCH3 is 1. The topological polar surface area (TPSA) is 108 Å². The lowest BCUT2D eigenvalue weighted by molar-refractivity contribution is 0.415. The first kappa shape index (κ1) is 20.8. The minimum atomic E-state index is 0.214. The molecule has 154 valence electrons. The summed E-state index contributed by atoms with van der Waals surface area (Å²) in [4.78, 5) is 14.6. The van der Waals surface area contributed by atoms with Gasteiger partial charge in [-0.2, -0.15) is 15.0 Å². The number of aromatic nitrogens is 6. The molecule has 0 amide bonds. The minimum absolute atomic E-state index is 0.214. The molecule has 0 spiro atoms. The number of benzene rings is 1. The van der Waals surface area contributed by atoms with Crippen molar-refractivity contribution >= 4 is 23.7 Å². The fraction of sp³-hybridized carbons (Fsp3) is 0.421. The van der Waals surface area contributed by atoms with E-state index in [0.29, 0.717) is 17.5 Å². The van der Waals surface area contributed by atoms with Gasteiger partial charge in [-0.05, 0) is 30.7 Å². The summed E-state index contributed by atoms with van der Waals surface area (Å²) in [5.41, 5.74) is 6.82. The Morgan fingerprint density at radius 2 is 1.86 bits per heavy atom. The van der Waals surface area contributed by atoms with Crippen LogP contribution in [-0.4, -0.2) is 50.9 Å². The number of hydrogen-bond acceptors (Lipinski definition) is 9. The third kappa shape index (κ3) is 5.14. The zero-order valence-electron chi connectivity index (χ0n) is 17.2. The summed E-state index contributed by atoms with van der Waals surface area (Å²) in [6.45, 7) is 3.01. The molecule has 2 N–H and O–H groups in total. The van der Waals surface area contributed by atoms with Crippen molar-refractivity contribution in [1.82, 2.24) is 29.7 Å². The van der Waals surface area contributed by atoms with Gasteiger partial charge in [0, 0.05) is 26.2 Å². The normalized spacial score (nSPS) is 10.9. The van der Waals surface area contributed by atoms with E-state index in [2.05, 4.69) is 36.6 Å². The molecule has 10 heteroatoms. The van der Waals surface area contributed by atoms with Crippen LogP contribution in [0.15, 0.2) is 29.4 Å². The fourth-order valence-electron chi connectivity index (χ4n) is 2.69. The van der Waals surface area contributed by atoms with Gasteiger partial charge in [0.2, 0.25) is 11.9 Å². The Hall–Kier alpha value is -2.88. The number of nitrogens with two attached hydrogens (primary N) is 1. The van der Waals surface area contributed by atoms with E-state index in [0.717, 1.165) is 41.7 Å². The summed E-state index contributed by atoms with van der Waals surface area (Å²) in [7, 11) is 5.39. The maximum Gasteiger partial charge on any atom is 0.229 e. The minimum Gasteiger partial charge on any atom is -0.497 e. The van der Waals surface area contributed by atoms with Crippen molar-refractivity contribution in [2.24, 2.45) is 0 Å². The summed E-state index contributed by atoms with van der Waals surface area (Å²) in [6, 6.07) is 7.85. The summed E-state index contributed by atoms with van der Waals surface area (Å²) >= 11 is 1.54. The highest BCUT2D eigenvalue weighted by Gasteiger charge is 2.16. The quantitative estimate of drug-likeness (QED) is 0.529. The second-order valence-corrected chi connectivity index (χ2v) is 7.58. The van der Waals surface area contributed by atoms with Crippen LogP contribution in [0, 0.1) is 0 Å². The Morgan fingerprint density at radius 1 is 1.10 bits per heavy atom. The van der Waals surface area contributed by atoms with Crippen molar-refractivity contribution in [2.45, 2.75) is 37.2 Å². The van der Waals surface area contributed by atoms with Crippen LogP contribution in [0.3, 0.4) is 0 Å². The van der Waals surface area contributed by atoms with Crippen LogP contribution in [-0.2, 0) is 12.3 Å². The Balaban J connectivity index is 1.84. The second-order valence-electron chi connectivity index (χ2n) is 6.63. The molecule has 9 nitrogen and oxygen atoms in total. The van der Waals surface area contributed by atoms with E-state index < -0.39 is 0 Å². The summed E-state index contributed by atoms with van der Waals surface area (Å²) in [5, 5.41) is 9.68. The van der Waals surface area contributed by atoms with E-state index in [1.807, 2.05) is 38.4 Å². The predicted molar refractivity (Wildman–Crippen MR) is 115 cm³/mol. The summed E-state index contributed by atoms with van der Waals surface area (Å²) in [6.07, 6.45) is 2.12. The highest BCUT2D eigenvalue weighted by molar-refractivity contribution is 7.98. The maximum atomic E-state index is 5.82. The van der Waals surface area contributed by atoms with E-state index in [-0.39, 0.29) is 5.95 Å². The fourth-order valence-corrected chi connectivity index (χ4v) is 3.51. The van der Waals surface area contributed by atoms with E-state index >= 15 is 0 Å². The molecule has 0 bridgehead atoms. The van der Waals surface area contributed by atoms with Gasteiger partial charge in [0.1, 0.15) is 11.6 Å². The van der Waals surface area contributed by atoms with Crippen molar-refractivity contribution < 1.29 is 4.74 Å². The third-order valence-corrected chi connectivity index (χ3v) is 5.18. The summed E-state index contributed by atoms with van der Waals surface area (Å²) in [5.74, 6) is 3.55. The molecule has 3 aromatic rings. The lowest BCUT2D eigenvalue weighted by Crippen LogP contribution is -2.16. The molecule has 2 heterocycles. The Labute approximate surface area is 174 Å². The number of hydrogen-bond donors (Lipinski definition) is 1. The van der Waals surface area contributed by atoms with E-state index in [4.69, 9.17) is 10.5 Å². The maximum absolute atomic E-state index is 5.82. The average molecular weight is 415 g/mol.